The molecule has 12 heteroatoms. The average Bonchev–Trinajstić information content (AvgIpc) is 3.72. The number of nitrogens with zero attached hydrogens (tertiary/aromatic N) is 4. The smallest absolute Gasteiger partial charge is 0.343 e. The normalized spacial score (nSPS) is 14.7. The molecule has 0 aliphatic carbocycles. The third-order valence-corrected chi connectivity index (χ3v) is 7.52. The first kappa shape index (κ1) is 29.2. The number of pyridine rings is 1. The van der Waals surface area contributed by atoms with Gasteiger partial charge in [-0.15, -0.1) is 0 Å². The highest BCUT2D eigenvalue weighted by atomic mass is 17.4. The molecule has 1 aliphatic rings. The van der Waals surface area contributed by atoms with Crippen LogP contribution in [0.1, 0.15) is 34.3 Å². The molecule has 7 rings (SSSR count). The van der Waals surface area contributed by atoms with Crippen molar-refractivity contribution in [1.82, 2.24) is 14.7 Å². The molecule has 1 aliphatic heterocycles. The largest absolute Gasteiger partial charge is 0.487 e. The number of anilines is 1. The molecule has 0 bridgehead atoms. The summed E-state index contributed by atoms with van der Waals surface area (Å²) in [6, 6.07) is 26.2. The molecule has 3 heterocycles. The second-order valence-corrected chi connectivity index (χ2v) is 10.7. The van der Waals surface area contributed by atoms with Crippen LogP contribution in [0.15, 0.2) is 94.2 Å². The van der Waals surface area contributed by atoms with E-state index in [1.54, 1.807) is 24.5 Å². The van der Waals surface area contributed by atoms with Crippen LogP contribution in [0, 0.1) is 6.92 Å². The van der Waals surface area contributed by atoms with Crippen LogP contribution in [0.5, 0.6) is 5.75 Å². The van der Waals surface area contributed by atoms with Crippen LogP contribution >= 0.6 is 0 Å². The molecule has 2 aromatic heterocycles. The lowest BCUT2D eigenvalue weighted by molar-refractivity contribution is -0.280. The number of fused-ring (bicyclic) bond motifs is 2. The van der Waals surface area contributed by atoms with Gasteiger partial charge < -0.3 is 14.0 Å². The van der Waals surface area contributed by atoms with Crippen molar-refractivity contribution in [3.05, 3.63) is 118 Å². The standard InChI is InChI=1S/C34H28N4O8/c1-20-35-32(36-43-20)26-8-4-6-23(15-26)19-42-30-9-5-7-25-17-29(34(40)41-3)33(39)37(31(25)30)18-22-10-11-24-12-13-28(16-27(24)14-22)38-44-21(2)45-46-38/h4-17,21H,18-19H2,1-3H3. The van der Waals surface area contributed by atoms with Gasteiger partial charge in [0.05, 0.1) is 24.9 Å². The molecular weight excluding hydrogens is 592 g/mol. The summed E-state index contributed by atoms with van der Waals surface area (Å²) in [5.74, 6) is 0.722. The quantitative estimate of drug-likeness (QED) is 0.149. The summed E-state index contributed by atoms with van der Waals surface area (Å²) >= 11 is 0. The maximum Gasteiger partial charge on any atom is 0.343 e. The first-order chi connectivity index (χ1) is 22.4. The average molecular weight is 621 g/mol. The Morgan fingerprint density at radius 2 is 1.78 bits per heavy atom. The van der Waals surface area contributed by atoms with Gasteiger partial charge in [0, 0.05) is 17.9 Å². The van der Waals surface area contributed by atoms with Crippen LogP contribution in [0.4, 0.5) is 5.69 Å². The van der Waals surface area contributed by atoms with Crippen molar-refractivity contribution in [1.29, 1.82) is 0 Å². The Bertz CT molecular complexity index is 2160. The lowest BCUT2D eigenvalue weighted by Gasteiger charge is -2.17. The number of carbonyl (C=O) groups is 1. The maximum atomic E-state index is 13.9. The Morgan fingerprint density at radius 1 is 0.935 bits per heavy atom. The van der Waals surface area contributed by atoms with Crippen LogP contribution in [-0.2, 0) is 32.6 Å². The summed E-state index contributed by atoms with van der Waals surface area (Å²) in [7, 11) is 1.25. The van der Waals surface area contributed by atoms with Gasteiger partial charge in [0.2, 0.25) is 18.0 Å². The molecule has 6 aromatic rings. The second-order valence-electron chi connectivity index (χ2n) is 10.7. The minimum atomic E-state index is -0.717. The molecular formula is C34H28N4O8. The minimum absolute atomic E-state index is 0.0733. The van der Waals surface area contributed by atoms with Crippen molar-refractivity contribution in [3.8, 4) is 17.1 Å². The summed E-state index contributed by atoms with van der Waals surface area (Å²) in [4.78, 5) is 46.5. The van der Waals surface area contributed by atoms with Crippen LogP contribution in [0.2, 0.25) is 0 Å². The van der Waals surface area contributed by atoms with Gasteiger partial charge in [0.25, 0.3) is 5.56 Å². The second kappa shape index (κ2) is 12.1. The van der Waals surface area contributed by atoms with Crippen molar-refractivity contribution in [2.24, 2.45) is 0 Å². The molecule has 0 spiro atoms. The van der Waals surface area contributed by atoms with Crippen molar-refractivity contribution in [3.63, 3.8) is 0 Å². The predicted octanol–water partition coefficient (Wildman–Crippen LogP) is 5.89. The summed E-state index contributed by atoms with van der Waals surface area (Å²) in [5.41, 5.74) is 3.09. The van der Waals surface area contributed by atoms with Gasteiger partial charge in [0.1, 0.15) is 17.9 Å². The molecule has 4 aromatic carbocycles. The zero-order valence-electron chi connectivity index (χ0n) is 25.1. The van der Waals surface area contributed by atoms with E-state index in [-0.39, 0.29) is 18.7 Å². The van der Waals surface area contributed by atoms with Gasteiger partial charge in [0.15, 0.2) is 0 Å². The van der Waals surface area contributed by atoms with Crippen molar-refractivity contribution >= 4 is 33.3 Å². The summed E-state index contributed by atoms with van der Waals surface area (Å²) in [5, 5.41) is 7.71. The third-order valence-electron chi connectivity index (χ3n) is 7.52. The van der Waals surface area contributed by atoms with Gasteiger partial charge in [-0.1, -0.05) is 63.9 Å². The number of hydrogen-bond donors (Lipinski definition) is 0. The van der Waals surface area contributed by atoms with Gasteiger partial charge >= 0.3 is 5.97 Å². The number of aromatic nitrogens is 3. The molecule has 46 heavy (non-hydrogen) atoms. The molecule has 1 fully saturated rings. The maximum absolute atomic E-state index is 13.9. The molecule has 232 valence electrons. The molecule has 1 unspecified atom stereocenters. The summed E-state index contributed by atoms with van der Waals surface area (Å²) in [6.45, 7) is 3.82. The lowest BCUT2D eigenvalue weighted by Crippen LogP contribution is -2.28. The van der Waals surface area contributed by atoms with Crippen LogP contribution in [0.3, 0.4) is 0 Å². The van der Waals surface area contributed by atoms with Crippen molar-refractivity contribution in [2.75, 3.05) is 12.3 Å². The number of aryl methyl sites for hydroxylation is 1. The zero-order chi connectivity index (χ0) is 31.8. The summed E-state index contributed by atoms with van der Waals surface area (Å²) < 4.78 is 17.9. The number of esters is 1. The van der Waals surface area contributed by atoms with Gasteiger partial charge in [-0.25, -0.2) is 9.63 Å². The van der Waals surface area contributed by atoms with Crippen molar-refractivity contribution in [2.45, 2.75) is 33.3 Å². The number of carbonyl (C=O) groups excluding carboxylic acids is 1. The first-order valence-corrected chi connectivity index (χ1v) is 14.5. The van der Waals surface area contributed by atoms with Gasteiger partial charge in [-0.2, -0.15) is 9.87 Å². The Hall–Kier alpha value is -5.56. The SMILES string of the molecule is COC(=O)c1cc2cccc(OCc3cccc(-c4noc(C)n4)c3)c2n(Cc2ccc3ccc(N4OOC(C)O4)cc3c2)c1=O. The van der Waals surface area contributed by atoms with Gasteiger partial charge in [-0.3, -0.25) is 9.36 Å². The highest BCUT2D eigenvalue weighted by molar-refractivity contribution is 5.95. The monoisotopic (exact) mass is 620 g/mol. The predicted molar refractivity (Wildman–Crippen MR) is 167 cm³/mol. The summed E-state index contributed by atoms with van der Waals surface area (Å²) in [6.07, 6.45) is -0.542. The number of ether oxygens (including phenoxy) is 2. The van der Waals surface area contributed by atoms with E-state index in [2.05, 4.69) is 10.1 Å². The van der Waals surface area contributed by atoms with Crippen LogP contribution in [-0.4, -0.2) is 34.1 Å². The fraction of sp³-hybridized carbons (Fsp3) is 0.176. The van der Waals surface area contributed by atoms with E-state index >= 15 is 0 Å². The fourth-order valence-electron chi connectivity index (χ4n) is 5.36. The number of benzene rings is 4. The van der Waals surface area contributed by atoms with Gasteiger partial charge in [-0.05, 0) is 65.2 Å². The number of rotatable bonds is 8. The topological polar surface area (TPSA) is 127 Å². The molecule has 0 saturated carbocycles. The van der Waals surface area contributed by atoms with Crippen molar-refractivity contribution < 1.29 is 33.5 Å². The van der Waals surface area contributed by atoms with E-state index in [1.165, 1.54) is 18.4 Å². The Labute approximate surface area is 262 Å². The van der Waals surface area contributed by atoms with Crippen LogP contribution < -0.4 is 15.5 Å². The molecule has 1 atom stereocenters. The molecule has 1 saturated heterocycles. The van der Waals surface area contributed by atoms with E-state index in [4.69, 9.17) is 28.7 Å². The fourth-order valence-corrected chi connectivity index (χ4v) is 5.36. The van der Waals surface area contributed by atoms with E-state index in [1.807, 2.05) is 72.8 Å². The Morgan fingerprint density at radius 3 is 2.57 bits per heavy atom. The van der Waals surface area contributed by atoms with E-state index in [0.717, 1.165) is 27.5 Å². The third kappa shape index (κ3) is 5.68. The minimum Gasteiger partial charge on any atom is -0.487 e. The molecule has 12 nitrogen and oxygen atoms in total. The number of hydrogen-bond acceptors (Lipinski definition) is 11. The van der Waals surface area contributed by atoms with E-state index in [9.17, 15) is 9.59 Å². The molecule has 0 radical (unpaired) electrons. The van der Waals surface area contributed by atoms with Crippen LogP contribution in [0.25, 0.3) is 33.1 Å². The molecule has 0 amide bonds. The Balaban J connectivity index is 1.26. The molecule has 0 N–H and O–H groups in total. The van der Waals surface area contributed by atoms with E-state index < -0.39 is 17.8 Å². The first-order valence-electron chi connectivity index (χ1n) is 14.5. The van der Waals surface area contributed by atoms with E-state index in [0.29, 0.717) is 34.1 Å². The Kier molecular flexibility index (Phi) is 7.66. The zero-order valence-corrected chi connectivity index (χ0v) is 25.1. The lowest BCUT2D eigenvalue weighted by atomic mass is 10.1. The number of para-hydroxylation sites is 1. The number of methoxy groups -OCH3 is 1. The highest BCUT2D eigenvalue weighted by Gasteiger charge is 2.24. The highest BCUT2D eigenvalue weighted by Crippen LogP contribution is 2.30.